The number of fused-ring (bicyclic) bond motifs is 1. The Morgan fingerprint density at radius 2 is 1.69 bits per heavy atom. The van der Waals surface area contributed by atoms with Gasteiger partial charge in [0, 0.05) is 18.3 Å². The fourth-order valence-corrected chi connectivity index (χ4v) is 4.34. The Balaban J connectivity index is 1.60. The molecule has 0 bridgehead atoms. The predicted molar refractivity (Wildman–Crippen MR) is 112 cm³/mol. The molecule has 3 atom stereocenters. The topological polar surface area (TPSA) is 9.23 Å². The average molecular weight is 351 g/mol. The number of rotatable bonds is 7. The summed E-state index contributed by atoms with van der Waals surface area (Å²) in [4.78, 5) is 0. The Kier molecular flexibility index (Phi) is 6.40. The molecule has 0 fully saturated rings. The molecule has 3 aliphatic carbocycles. The van der Waals surface area contributed by atoms with E-state index in [0.717, 1.165) is 24.5 Å². The minimum absolute atomic E-state index is 0.469. The van der Waals surface area contributed by atoms with Crippen LogP contribution in [0.1, 0.15) is 47.0 Å². The molecule has 0 radical (unpaired) electrons. The van der Waals surface area contributed by atoms with E-state index >= 15 is 0 Å². The fourth-order valence-electron chi connectivity index (χ4n) is 4.34. The quantitative estimate of drug-likeness (QED) is 0.492. The maximum Gasteiger partial charge on any atom is 0.110 e. The molecule has 0 N–H and O–H groups in total. The van der Waals surface area contributed by atoms with E-state index in [1.807, 2.05) is 0 Å². The van der Waals surface area contributed by atoms with E-state index in [-0.39, 0.29) is 0 Å². The lowest BCUT2D eigenvalue weighted by Crippen LogP contribution is -2.19. The third-order valence-corrected chi connectivity index (χ3v) is 5.82. The van der Waals surface area contributed by atoms with E-state index in [0.29, 0.717) is 30.3 Å². The highest BCUT2D eigenvalue weighted by Crippen LogP contribution is 2.35. The fraction of sp³-hybridized carbons (Fsp3) is 0.520. The lowest BCUT2D eigenvalue weighted by atomic mass is 9.79. The van der Waals surface area contributed by atoms with Gasteiger partial charge in [-0.2, -0.15) is 0 Å². The van der Waals surface area contributed by atoms with Crippen molar-refractivity contribution in [3.63, 3.8) is 0 Å². The Morgan fingerprint density at radius 3 is 2.38 bits per heavy atom. The first-order chi connectivity index (χ1) is 12.5. The number of allylic oxidation sites excluding steroid dienone is 11. The largest absolute Gasteiger partial charge is 0.494 e. The Morgan fingerprint density at radius 1 is 0.923 bits per heavy atom. The summed E-state index contributed by atoms with van der Waals surface area (Å²) in [5.74, 6) is 4.28. The molecule has 1 heteroatoms. The van der Waals surface area contributed by atoms with Gasteiger partial charge in [0.1, 0.15) is 6.61 Å². The highest BCUT2D eigenvalue weighted by Gasteiger charge is 2.24. The molecule has 0 aromatic carbocycles. The van der Waals surface area contributed by atoms with Gasteiger partial charge in [-0.05, 0) is 42.2 Å². The molecule has 3 aliphatic rings. The second kappa shape index (κ2) is 8.75. The third kappa shape index (κ3) is 4.69. The molecule has 0 spiro atoms. The summed E-state index contributed by atoms with van der Waals surface area (Å²) in [5, 5.41) is 0. The van der Waals surface area contributed by atoms with Crippen molar-refractivity contribution in [2.75, 3.05) is 6.61 Å². The Hall–Kier alpha value is -1.76. The maximum absolute atomic E-state index is 6.20. The summed E-state index contributed by atoms with van der Waals surface area (Å²) in [6.07, 6.45) is 23.6. The second-order valence-corrected chi connectivity index (χ2v) is 8.64. The molecule has 3 unspecified atom stereocenters. The van der Waals surface area contributed by atoms with Gasteiger partial charge < -0.3 is 4.74 Å². The van der Waals surface area contributed by atoms with Crippen molar-refractivity contribution >= 4 is 0 Å². The molecular formula is C25H34O. The van der Waals surface area contributed by atoms with Crippen molar-refractivity contribution in [2.24, 2.45) is 29.6 Å². The van der Waals surface area contributed by atoms with Crippen LogP contribution in [-0.4, -0.2) is 6.61 Å². The lowest BCUT2D eigenvalue weighted by molar-refractivity contribution is 0.216. The van der Waals surface area contributed by atoms with Gasteiger partial charge in [-0.15, -0.1) is 0 Å². The van der Waals surface area contributed by atoms with Crippen molar-refractivity contribution in [1.82, 2.24) is 0 Å². The first-order valence-corrected chi connectivity index (χ1v) is 10.3. The van der Waals surface area contributed by atoms with Gasteiger partial charge in [-0.25, -0.2) is 0 Å². The Labute approximate surface area is 159 Å². The summed E-state index contributed by atoms with van der Waals surface area (Å²) in [6.45, 7) is 10.1. The van der Waals surface area contributed by atoms with E-state index in [9.17, 15) is 0 Å². The van der Waals surface area contributed by atoms with Crippen LogP contribution in [-0.2, 0) is 4.74 Å². The molecule has 0 aliphatic heterocycles. The van der Waals surface area contributed by atoms with Crippen LogP contribution in [0.4, 0.5) is 0 Å². The predicted octanol–water partition coefficient (Wildman–Crippen LogP) is 6.78. The highest BCUT2D eigenvalue weighted by atomic mass is 16.5. The zero-order valence-corrected chi connectivity index (χ0v) is 16.8. The van der Waals surface area contributed by atoms with Crippen LogP contribution < -0.4 is 0 Å². The minimum Gasteiger partial charge on any atom is -0.494 e. The van der Waals surface area contributed by atoms with Gasteiger partial charge in [0.15, 0.2) is 0 Å². The molecule has 140 valence electrons. The summed E-state index contributed by atoms with van der Waals surface area (Å²) in [5.41, 5.74) is 3.00. The minimum atomic E-state index is 0.469. The molecule has 0 aromatic rings. The van der Waals surface area contributed by atoms with E-state index in [1.54, 1.807) is 5.57 Å². The number of hydrogen-bond acceptors (Lipinski definition) is 1. The van der Waals surface area contributed by atoms with Gasteiger partial charge in [0.2, 0.25) is 0 Å². The van der Waals surface area contributed by atoms with Gasteiger partial charge in [-0.1, -0.05) is 81.9 Å². The third-order valence-electron chi connectivity index (χ3n) is 5.82. The van der Waals surface area contributed by atoms with Gasteiger partial charge in [-0.3, -0.25) is 0 Å². The normalized spacial score (nSPS) is 25.7. The van der Waals surface area contributed by atoms with Crippen molar-refractivity contribution < 1.29 is 4.74 Å². The van der Waals surface area contributed by atoms with Crippen LogP contribution in [0, 0.1) is 29.6 Å². The zero-order valence-electron chi connectivity index (χ0n) is 16.8. The van der Waals surface area contributed by atoms with Crippen LogP contribution in [0.25, 0.3) is 0 Å². The van der Waals surface area contributed by atoms with Crippen LogP contribution in [0.3, 0.4) is 0 Å². The SMILES string of the molecule is CC(C)CC(C1=CC=C(OCC2=CC=CC3C=CC=CC23)CC1)C(C)C. The van der Waals surface area contributed by atoms with Gasteiger partial charge in [0.25, 0.3) is 0 Å². The molecule has 0 saturated carbocycles. The van der Waals surface area contributed by atoms with Crippen LogP contribution >= 0.6 is 0 Å². The van der Waals surface area contributed by atoms with Crippen LogP contribution in [0.15, 0.2) is 71.6 Å². The van der Waals surface area contributed by atoms with Crippen molar-refractivity contribution in [1.29, 1.82) is 0 Å². The zero-order chi connectivity index (χ0) is 18.5. The highest BCUT2D eigenvalue weighted by molar-refractivity contribution is 5.34. The van der Waals surface area contributed by atoms with E-state index in [1.165, 1.54) is 12.0 Å². The second-order valence-electron chi connectivity index (χ2n) is 8.64. The summed E-state index contributed by atoms with van der Waals surface area (Å²) in [6, 6.07) is 0. The standard InChI is InChI=1S/C25H34O/c1-18(2)16-25(19(3)4)21-12-14-23(15-13-21)26-17-22-10-7-9-20-8-5-6-11-24(20)22/h5-12,14,18-20,24-25H,13,15-17H2,1-4H3. The first kappa shape index (κ1) is 19.0. The Bertz CT molecular complexity index is 666. The summed E-state index contributed by atoms with van der Waals surface area (Å²) < 4.78 is 6.20. The molecule has 1 nitrogen and oxygen atoms in total. The number of hydrogen-bond donors (Lipinski definition) is 0. The van der Waals surface area contributed by atoms with Crippen molar-refractivity contribution in [3.05, 3.63) is 71.6 Å². The lowest BCUT2D eigenvalue weighted by Gasteiger charge is -2.29. The molecule has 0 heterocycles. The molecule has 0 saturated heterocycles. The molecule has 0 aromatic heterocycles. The smallest absolute Gasteiger partial charge is 0.110 e. The van der Waals surface area contributed by atoms with Gasteiger partial charge >= 0.3 is 0 Å². The van der Waals surface area contributed by atoms with Crippen molar-refractivity contribution in [2.45, 2.75) is 47.0 Å². The summed E-state index contributed by atoms with van der Waals surface area (Å²) in [7, 11) is 0. The monoisotopic (exact) mass is 350 g/mol. The maximum atomic E-state index is 6.20. The molecule has 26 heavy (non-hydrogen) atoms. The van der Waals surface area contributed by atoms with Crippen LogP contribution in [0.2, 0.25) is 0 Å². The molecule has 3 rings (SSSR count). The number of ether oxygens (including phenoxy) is 1. The summed E-state index contributed by atoms with van der Waals surface area (Å²) >= 11 is 0. The van der Waals surface area contributed by atoms with Gasteiger partial charge in [0.05, 0.1) is 5.76 Å². The van der Waals surface area contributed by atoms with E-state index in [4.69, 9.17) is 4.74 Å². The van der Waals surface area contributed by atoms with Crippen molar-refractivity contribution in [3.8, 4) is 0 Å². The van der Waals surface area contributed by atoms with E-state index in [2.05, 4.69) is 82.4 Å². The molecular weight excluding hydrogens is 316 g/mol. The van der Waals surface area contributed by atoms with E-state index < -0.39 is 0 Å². The van der Waals surface area contributed by atoms with Crippen LogP contribution in [0.5, 0.6) is 0 Å². The average Bonchev–Trinajstić information content (AvgIpc) is 2.64. The first-order valence-electron chi connectivity index (χ1n) is 10.3. The molecule has 0 amide bonds.